The molecule has 7 nitrogen and oxygen atoms in total. The molecule has 0 atom stereocenters. The highest BCUT2D eigenvalue weighted by molar-refractivity contribution is 7.89. The van der Waals surface area contributed by atoms with Gasteiger partial charge in [0.25, 0.3) is 0 Å². The van der Waals surface area contributed by atoms with E-state index in [-0.39, 0.29) is 16.5 Å². The van der Waals surface area contributed by atoms with Gasteiger partial charge in [-0.2, -0.15) is 9.61 Å². The van der Waals surface area contributed by atoms with Crippen LogP contribution >= 0.6 is 23.2 Å². The van der Waals surface area contributed by atoms with Crippen molar-refractivity contribution in [3.05, 3.63) is 70.8 Å². The lowest BCUT2D eigenvalue weighted by Gasteiger charge is -2.12. The van der Waals surface area contributed by atoms with Crippen molar-refractivity contribution in [3.8, 4) is 11.3 Å². The van der Waals surface area contributed by atoms with Crippen LogP contribution in [0.25, 0.3) is 16.9 Å². The lowest BCUT2D eigenvalue weighted by atomic mass is 10.0. The molecule has 0 radical (unpaired) electrons. The second-order valence-corrected chi connectivity index (χ2v) is 9.73. The summed E-state index contributed by atoms with van der Waals surface area (Å²) in [7, 11) is -1.72. The van der Waals surface area contributed by atoms with Crippen LogP contribution in [0.2, 0.25) is 10.0 Å². The summed E-state index contributed by atoms with van der Waals surface area (Å²) >= 11 is 12.4. The zero-order valence-electron chi connectivity index (χ0n) is 17.2. The number of nitrogens with one attached hydrogen (secondary N) is 2. The summed E-state index contributed by atoms with van der Waals surface area (Å²) in [5.74, 6) is 0.743. The largest absolute Gasteiger partial charge is 0.370 e. The maximum atomic E-state index is 12.4. The van der Waals surface area contributed by atoms with Crippen molar-refractivity contribution in [2.45, 2.75) is 11.3 Å². The van der Waals surface area contributed by atoms with E-state index in [1.807, 2.05) is 38.2 Å². The van der Waals surface area contributed by atoms with Crippen molar-refractivity contribution < 1.29 is 8.42 Å². The van der Waals surface area contributed by atoms with E-state index in [0.29, 0.717) is 18.0 Å². The van der Waals surface area contributed by atoms with Gasteiger partial charge in [0, 0.05) is 35.9 Å². The smallest absolute Gasteiger partial charge is 0.242 e. The van der Waals surface area contributed by atoms with Gasteiger partial charge in [0.1, 0.15) is 18.6 Å². The van der Waals surface area contributed by atoms with Crippen LogP contribution in [0, 0.1) is 0 Å². The summed E-state index contributed by atoms with van der Waals surface area (Å²) in [6.07, 6.45) is 2.30. The molecule has 2 aromatic heterocycles. The molecule has 0 aliphatic rings. The monoisotopic (exact) mass is 487 g/mol. The zero-order chi connectivity index (χ0) is 22.7. The quantitative estimate of drug-likeness (QED) is 0.294. The van der Waals surface area contributed by atoms with Crippen LogP contribution in [0.5, 0.6) is 0 Å². The minimum atomic E-state index is -3.67. The molecule has 0 saturated carbocycles. The lowest BCUT2D eigenvalue weighted by molar-refractivity contribution is 0.580. The average Bonchev–Trinajstić information content (AvgIpc) is 3.15. The van der Waals surface area contributed by atoms with E-state index < -0.39 is 10.0 Å². The molecule has 0 spiro atoms. The number of nitrogens with zero attached hydrogens (tertiary/aromatic N) is 3. The molecule has 0 fully saturated rings. The molecule has 0 unspecified atom stereocenters. The van der Waals surface area contributed by atoms with Crippen LogP contribution in [-0.4, -0.2) is 44.0 Å². The molecular formula is C21H20BCl2N5O2S. The number of halogens is 2. The van der Waals surface area contributed by atoms with Gasteiger partial charge in [-0.15, -0.1) is 0 Å². The predicted octanol–water partition coefficient (Wildman–Crippen LogP) is 2.74. The van der Waals surface area contributed by atoms with E-state index in [1.54, 1.807) is 28.9 Å². The Labute approximate surface area is 197 Å². The van der Waals surface area contributed by atoms with Crippen LogP contribution in [0.4, 0.5) is 5.82 Å². The number of anilines is 1. The number of aromatic nitrogens is 3. The fourth-order valence-corrected chi connectivity index (χ4v) is 5.08. The van der Waals surface area contributed by atoms with Gasteiger partial charge in [-0.25, -0.2) is 18.1 Å². The standard InChI is InChI=1S/C21H20BCl2N5O2S/c22-15-13-26-29-20(12-18(28-21(15)29)14-6-1-2-7-16(14)23)25-10-5-11-27-32(30,31)19-9-4-3-8-17(19)24/h1-4,6-9,12-13,25,27H,5,10-11,22H2. The summed E-state index contributed by atoms with van der Waals surface area (Å²) in [6.45, 7) is 0.773. The maximum absolute atomic E-state index is 12.4. The molecule has 0 bridgehead atoms. The molecule has 0 amide bonds. The van der Waals surface area contributed by atoms with E-state index in [4.69, 9.17) is 28.2 Å². The molecule has 2 N–H and O–H groups in total. The first-order valence-electron chi connectivity index (χ1n) is 9.95. The van der Waals surface area contributed by atoms with E-state index in [1.165, 1.54) is 6.07 Å². The van der Waals surface area contributed by atoms with Gasteiger partial charge in [-0.05, 0) is 30.1 Å². The predicted molar refractivity (Wildman–Crippen MR) is 131 cm³/mol. The zero-order valence-corrected chi connectivity index (χ0v) is 19.5. The van der Waals surface area contributed by atoms with Crippen LogP contribution in [0.15, 0.2) is 65.7 Å². The van der Waals surface area contributed by atoms with Gasteiger partial charge in [-0.3, -0.25) is 0 Å². The van der Waals surface area contributed by atoms with Gasteiger partial charge < -0.3 is 5.32 Å². The third-order valence-corrected chi connectivity index (χ3v) is 7.17. The molecule has 2 aromatic carbocycles. The number of rotatable bonds is 8. The van der Waals surface area contributed by atoms with Crippen molar-refractivity contribution >= 4 is 58.0 Å². The van der Waals surface area contributed by atoms with E-state index in [2.05, 4.69) is 15.1 Å². The van der Waals surface area contributed by atoms with Crippen molar-refractivity contribution in [2.75, 3.05) is 18.4 Å². The minimum absolute atomic E-state index is 0.0712. The summed E-state index contributed by atoms with van der Waals surface area (Å²) in [4.78, 5) is 4.79. The minimum Gasteiger partial charge on any atom is -0.370 e. The topological polar surface area (TPSA) is 88.4 Å². The third-order valence-electron chi connectivity index (χ3n) is 4.88. The molecule has 4 aromatic rings. The second kappa shape index (κ2) is 9.50. The summed E-state index contributed by atoms with van der Waals surface area (Å²) < 4.78 is 29.2. The first-order chi connectivity index (χ1) is 15.4. The summed E-state index contributed by atoms with van der Waals surface area (Å²) in [5, 5.41) is 8.53. The van der Waals surface area contributed by atoms with E-state index >= 15 is 0 Å². The SMILES string of the molecule is Bc1cnn2c(NCCCNS(=O)(=O)c3ccccc3Cl)cc(-c3ccccc3Cl)nc12. The second-order valence-electron chi connectivity index (χ2n) is 7.18. The number of hydrogen-bond acceptors (Lipinski definition) is 5. The van der Waals surface area contributed by atoms with Gasteiger partial charge in [0.2, 0.25) is 10.0 Å². The van der Waals surface area contributed by atoms with E-state index in [9.17, 15) is 8.42 Å². The molecule has 0 saturated heterocycles. The molecule has 0 aliphatic heterocycles. The Bertz CT molecular complexity index is 1380. The van der Waals surface area contributed by atoms with Crippen molar-refractivity contribution in [1.82, 2.24) is 19.3 Å². The normalized spacial score (nSPS) is 11.7. The Kier molecular flexibility index (Phi) is 6.71. The Morgan fingerprint density at radius 2 is 1.72 bits per heavy atom. The fourth-order valence-electron chi connectivity index (χ4n) is 3.26. The van der Waals surface area contributed by atoms with Gasteiger partial charge in [0.15, 0.2) is 5.65 Å². The van der Waals surface area contributed by atoms with Crippen LogP contribution in [0.1, 0.15) is 6.42 Å². The third kappa shape index (κ3) is 4.76. The highest BCUT2D eigenvalue weighted by atomic mass is 35.5. The summed E-state index contributed by atoms with van der Waals surface area (Å²) in [5.41, 5.74) is 3.22. The lowest BCUT2D eigenvalue weighted by Crippen LogP contribution is -2.26. The molecule has 11 heteroatoms. The summed E-state index contributed by atoms with van der Waals surface area (Å²) in [6, 6.07) is 15.8. The molecule has 164 valence electrons. The van der Waals surface area contributed by atoms with Gasteiger partial charge in [0.05, 0.1) is 10.7 Å². The first kappa shape index (κ1) is 22.6. The Hall–Kier alpha value is -2.59. The molecular weight excluding hydrogens is 468 g/mol. The van der Waals surface area contributed by atoms with E-state index in [0.717, 1.165) is 28.2 Å². The van der Waals surface area contributed by atoms with Crippen LogP contribution in [-0.2, 0) is 10.0 Å². The van der Waals surface area contributed by atoms with Gasteiger partial charge >= 0.3 is 0 Å². The van der Waals surface area contributed by atoms with Crippen molar-refractivity contribution in [1.29, 1.82) is 0 Å². The number of fused-ring (bicyclic) bond motifs is 1. The Balaban J connectivity index is 1.47. The molecule has 32 heavy (non-hydrogen) atoms. The molecule has 0 aliphatic carbocycles. The van der Waals surface area contributed by atoms with Crippen LogP contribution < -0.4 is 15.5 Å². The maximum Gasteiger partial charge on any atom is 0.242 e. The average molecular weight is 488 g/mol. The fraction of sp³-hybridized carbons (Fsp3) is 0.143. The van der Waals surface area contributed by atoms with Crippen molar-refractivity contribution in [2.24, 2.45) is 0 Å². The Morgan fingerprint density at radius 3 is 2.47 bits per heavy atom. The Morgan fingerprint density at radius 1 is 1.00 bits per heavy atom. The van der Waals surface area contributed by atoms with Crippen LogP contribution in [0.3, 0.4) is 0 Å². The highest BCUT2D eigenvalue weighted by Crippen LogP contribution is 2.28. The molecule has 4 rings (SSSR count). The number of benzene rings is 2. The molecule has 2 heterocycles. The van der Waals surface area contributed by atoms with Gasteiger partial charge in [-0.1, -0.05) is 53.5 Å². The first-order valence-corrected chi connectivity index (χ1v) is 12.2. The highest BCUT2D eigenvalue weighted by Gasteiger charge is 2.16. The van der Waals surface area contributed by atoms with Crippen molar-refractivity contribution in [3.63, 3.8) is 0 Å². The number of sulfonamides is 1. The number of hydrogen-bond donors (Lipinski definition) is 2.